The van der Waals surface area contributed by atoms with Crippen molar-refractivity contribution in [1.29, 1.82) is 0 Å². The quantitative estimate of drug-likeness (QED) is 0.720. The molecule has 0 aliphatic carbocycles. The fraction of sp³-hybridized carbons (Fsp3) is 0.273. The minimum Gasteiger partial charge on any atom is -0.488 e. The molecule has 0 saturated carbocycles. The fourth-order valence-electron chi connectivity index (χ4n) is 1.12. The Kier molecular flexibility index (Phi) is 3.38. The Hall–Kier alpha value is -0.950. The number of hydrogen-bond acceptors (Lipinski definition) is 1. The van der Waals surface area contributed by atoms with E-state index < -0.39 is 0 Å². The zero-order valence-electron chi connectivity index (χ0n) is 7.93. The lowest BCUT2D eigenvalue weighted by atomic mass is 10.1. The van der Waals surface area contributed by atoms with Gasteiger partial charge in [-0.15, -0.1) is 0 Å². The Labute approximate surface area is 84.0 Å². The SMILES string of the molecule is C=C(Cl)COc1ccc(C)cc1C. The molecule has 2 heteroatoms. The first-order valence-electron chi connectivity index (χ1n) is 4.13. The summed E-state index contributed by atoms with van der Waals surface area (Å²) in [7, 11) is 0. The molecule has 70 valence electrons. The summed E-state index contributed by atoms with van der Waals surface area (Å²) in [5.41, 5.74) is 2.35. The largest absolute Gasteiger partial charge is 0.488 e. The third kappa shape index (κ3) is 3.11. The Balaban J connectivity index is 2.72. The molecule has 0 amide bonds. The van der Waals surface area contributed by atoms with Crippen molar-refractivity contribution in [2.24, 2.45) is 0 Å². The molecular formula is C11H13ClO. The van der Waals surface area contributed by atoms with Crippen LogP contribution in [0.25, 0.3) is 0 Å². The predicted molar refractivity (Wildman–Crippen MR) is 56.4 cm³/mol. The molecule has 1 nitrogen and oxygen atoms in total. The van der Waals surface area contributed by atoms with Gasteiger partial charge in [0.05, 0.1) is 0 Å². The van der Waals surface area contributed by atoms with Crippen LogP contribution in [0.15, 0.2) is 29.8 Å². The lowest BCUT2D eigenvalue weighted by molar-refractivity contribution is 0.357. The third-order valence-electron chi connectivity index (χ3n) is 1.71. The van der Waals surface area contributed by atoms with Crippen molar-refractivity contribution >= 4 is 11.6 Å². The average molecular weight is 197 g/mol. The van der Waals surface area contributed by atoms with E-state index in [1.54, 1.807) is 0 Å². The maximum Gasteiger partial charge on any atom is 0.123 e. The highest BCUT2D eigenvalue weighted by Gasteiger charge is 1.99. The van der Waals surface area contributed by atoms with E-state index in [4.69, 9.17) is 16.3 Å². The topological polar surface area (TPSA) is 9.23 Å². The van der Waals surface area contributed by atoms with Crippen molar-refractivity contribution in [3.05, 3.63) is 40.9 Å². The first-order chi connectivity index (χ1) is 6.09. The van der Waals surface area contributed by atoms with Crippen LogP contribution in [-0.4, -0.2) is 6.61 Å². The third-order valence-corrected chi connectivity index (χ3v) is 1.82. The number of aryl methyl sites for hydroxylation is 2. The normalized spacial score (nSPS) is 9.77. The van der Waals surface area contributed by atoms with Gasteiger partial charge in [-0.25, -0.2) is 0 Å². The van der Waals surface area contributed by atoms with E-state index >= 15 is 0 Å². The van der Waals surface area contributed by atoms with Gasteiger partial charge in [0, 0.05) is 5.03 Å². The molecule has 1 aromatic rings. The Morgan fingerprint density at radius 2 is 2.15 bits per heavy atom. The lowest BCUT2D eigenvalue weighted by Crippen LogP contribution is -1.97. The summed E-state index contributed by atoms with van der Waals surface area (Å²) in [5, 5.41) is 0.514. The first-order valence-corrected chi connectivity index (χ1v) is 4.50. The van der Waals surface area contributed by atoms with Gasteiger partial charge in [-0.2, -0.15) is 0 Å². The van der Waals surface area contributed by atoms with E-state index in [2.05, 4.69) is 19.6 Å². The van der Waals surface area contributed by atoms with Crippen molar-refractivity contribution in [2.75, 3.05) is 6.61 Å². The van der Waals surface area contributed by atoms with Crippen molar-refractivity contribution in [3.8, 4) is 5.75 Å². The van der Waals surface area contributed by atoms with E-state index in [1.165, 1.54) is 5.56 Å². The molecule has 0 atom stereocenters. The van der Waals surface area contributed by atoms with Gasteiger partial charge >= 0.3 is 0 Å². The van der Waals surface area contributed by atoms with Crippen LogP contribution in [0.3, 0.4) is 0 Å². The molecule has 0 aliphatic rings. The van der Waals surface area contributed by atoms with Gasteiger partial charge in [0.15, 0.2) is 0 Å². The van der Waals surface area contributed by atoms with Gasteiger partial charge in [0.1, 0.15) is 12.4 Å². The van der Waals surface area contributed by atoms with Crippen LogP contribution in [0.4, 0.5) is 0 Å². The lowest BCUT2D eigenvalue weighted by Gasteiger charge is -2.08. The van der Waals surface area contributed by atoms with Crippen molar-refractivity contribution in [2.45, 2.75) is 13.8 Å². The molecule has 0 saturated heterocycles. The minimum atomic E-state index is 0.367. The summed E-state index contributed by atoms with van der Waals surface area (Å²) in [6.07, 6.45) is 0. The van der Waals surface area contributed by atoms with Crippen LogP contribution in [0.2, 0.25) is 0 Å². The number of halogens is 1. The number of ether oxygens (including phenoxy) is 1. The Bertz CT molecular complexity index is 318. The molecule has 0 unspecified atom stereocenters. The van der Waals surface area contributed by atoms with Gasteiger partial charge in [0.25, 0.3) is 0 Å². The zero-order valence-corrected chi connectivity index (χ0v) is 8.69. The molecule has 0 N–H and O–H groups in total. The van der Waals surface area contributed by atoms with E-state index in [0.29, 0.717) is 11.6 Å². The summed E-state index contributed by atoms with van der Waals surface area (Å²) in [6.45, 7) is 7.99. The highest BCUT2D eigenvalue weighted by atomic mass is 35.5. The summed E-state index contributed by atoms with van der Waals surface area (Å²) >= 11 is 5.59. The van der Waals surface area contributed by atoms with Crippen LogP contribution in [0.5, 0.6) is 5.75 Å². The molecule has 0 radical (unpaired) electrons. The van der Waals surface area contributed by atoms with Gasteiger partial charge in [-0.05, 0) is 25.5 Å². The smallest absolute Gasteiger partial charge is 0.123 e. The number of hydrogen-bond donors (Lipinski definition) is 0. The molecule has 1 aromatic carbocycles. The van der Waals surface area contributed by atoms with Crippen LogP contribution in [0.1, 0.15) is 11.1 Å². The molecular weight excluding hydrogens is 184 g/mol. The average Bonchev–Trinajstić information content (AvgIpc) is 2.02. The van der Waals surface area contributed by atoms with Gasteiger partial charge < -0.3 is 4.74 Å². The molecule has 0 heterocycles. The zero-order chi connectivity index (χ0) is 9.84. The summed E-state index contributed by atoms with van der Waals surface area (Å²) in [6, 6.07) is 6.04. The van der Waals surface area contributed by atoms with Crippen LogP contribution < -0.4 is 4.74 Å². The summed E-state index contributed by atoms with van der Waals surface area (Å²) in [5.74, 6) is 0.868. The van der Waals surface area contributed by atoms with E-state index in [1.807, 2.05) is 19.1 Å². The van der Waals surface area contributed by atoms with E-state index in [0.717, 1.165) is 11.3 Å². The van der Waals surface area contributed by atoms with Gasteiger partial charge in [-0.3, -0.25) is 0 Å². The summed E-state index contributed by atoms with van der Waals surface area (Å²) < 4.78 is 5.42. The second-order valence-corrected chi connectivity index (χ2v) is 3.61. The van der Waals surface area contributed by atoms with Crippen LogP contribution >= 0.6 is 11.6 Å². The van der Waals surface area contributed by atoms with E-state index in [-0.39, 0.29) is 0 Å². The second-order valence-electron chi connectivity index (χ2n) is 3.07. The summed E-state index contributed by atoms with van der Waals surface area (Å²) in [4.78, 5) is 0. The monoisotopic (exact) mass is 196 g/mol. The van der Waals surface area contributed by atoms with Gasteiger partial charge in [0.2, 0.25) is 0 Å². The Morgan fingerprint density at radius 3 is 2.69 bits per heavy atom. The predicted octanol–water partition coefficient (Wildman–Crippen LogP) is 3.43. The standard InChI is InChI=1S/C11H13ClO/c1-8-4-5-11(9(2)6-8)13-7-10(3)12/h4-6H,3,7H2,1-2H3. The molecule has 0 aromatic heterocycles. The molecule has 13 heavy (non-hydrogen) atoms. The van der Waals surface area contributed by atoms with Crippen molar-refractivity contribution in [3.63, 3.8) is 0 Å². The fourth-order valence-corrected chi connectivity index (χ4v) is 1.17. The molecule has 0 spiro atoms. The van der Waals surface area contributed by atoms with E-state index in [9.17, 15) is 0 Å². The van der Waals surface area contributed by atoms with Crippen LogP contribution in [0, 0.1) is 13.8 Å². The second kappa shape index (κ2) is 4.33. The molecule has 0 fully saturated rings. The maximum atomic E-state index is 5.59. The first kappa shape index (κ1) is 10.1. The molecule has 0 aliphatic heterocycles. The number of rotatable bonds is 3. The highest BCUT2D eigenvalue weighted by Crippen LogP contribution is 2.19. The number of benzene rings is 1. The van der Waals surface area contributed by atoms with Gasteiger partial charge in [-0.1, -0.05) is 35.9 Å². The Morgan fingerprint density at radius 1 is 1.46 bits per heavy atom. The minimum absolute atomic E-state index is 0.367. The maximum absolute atomic E-state index is 5.59. The molecule has 1 rings (SSSR count). The van der Waals surface area contributed by atoms with Crippen molar-refractivity contribution < 1.29 is 4.74 Å². The van der Waals surface area contributed by atoms with Crippen molar-refractivity contribution in [1.82, 2.24) is 0 Å². The molecule has 0 bridgehead atoms. The highest BCUT2D eigenvalue weighted by molar-refractivity contribution is 6.29. The van der Waals surface area contributed by atoms with Crippen LogP contribution in [-0.2, 0) is 0 Å².